The van der Waals surface area contributed by atoms with Gasteiger partial charge in [-0.15, -0.1) is 0 Å². The van der Waals surface area contributed by atoms with Crippen LogP contribution >= 0.6 is 0 Å². The van der Waals surface area contributed by atoms with Crippen LogP contribution in [0.3, 0.4) is 0 Å². The number of carbonyl (C=O) groups is 1. The van der Waals surface area contributed by atoms with Crippen LogP contribution in [0.2, 0.25) is 11.6 Å². The molecule has 0 radical (unpaired) electrons. The first kappa shape index (κ1) is 9.85. The Morgan fingerprint density at radius 2 is 2.00 bits per heavy atom. The van der Waals surface area contributed by atoms with Crippen LogP contribution in [-0.2, 0) is 9.22 Å². The van der Waals surface area contributed by atoms with E-state index in [0.717, 1.165) is 6.29 Å². The minimum absolute atomic E-state index is 0.267. The van der Waals surface area contributed by atoms with Crippen LogP contribution < -0.4 is 0 Å². The van der Waals surface area contributed by atoms with E-state index < -0.39 is 9.04 Å². The Labute approximate surface area is 64.3 Å². The van der Waals surface area contributed by atoms with Crippen LogP contribution in [0.1, 0.15) is 20.8 Å². The standard InChI is InChI=1S/C7H16O2Si/c1-7(2,3)10(4)9-6-5-8/h5,10H,6H2,1-4H3. The molecule has 0 bridgehead atoms. The number of aldehydes is 1. The van der Waals surface area contributed by atoms with Crippen molar-refractivity contribution < 1.29 is 9.22 Å². The molecule has 3 heteroatoms. The third-order valence-corrected chi connectivity index (χ3v) is 4.77. The van der Waals surface area contributed by atoms with Gasteiger partial charge in [0.05, 0.1) is 6.61 Å². The molecule has 0 aromatic rings. The highest BCUT2D eigenvalue weighted by atomic mass is 28.3. The Kier molecular flexibility index (Phi) is 3.82. The molecular formula is C7H16O2Si. The Balaban J connectivity index is 3.61. The Morgan fingerprint density at radius 1 is 1.50 bits per heavy atom. The first-order chi connectivity index (χ1) is 4.48. The second-order valence-electron chi connectivity index (χ2n) is 3.51. The Morgan fingerprint density at radius 3 is 2.30 bits per heavy atom. The predicted octanol–water partition coefficient (Wildman–Crippen LogP) is 1.36. The molecule has 0 saturated carbocycles. The number of carbonyl (C=O) groups excluding carboxylic acids is 1. The maximum Gasteiger partial charge on any atom is 0.179 e. The quantitative estimate of drug-likeness (QED) is 0.460. The van der Waals surface area contributed by atoms with Gasteiger partial charge in [0.25, 0.3) is 0 Å². The molecular weight excluding hydrogens is 144 g/mol. The zero-order valence-electron chi connectivity index (χ0n) is 7.18. The van der Waals surface area contributed by atoms with E-state index in [9.17, 15) is 4.79 Å². The number of hydrogen-bond acceptors (Lipinski definition) is 2. The van der Waals surface area contributed by atoms with E-state index in [1.54, 1.807) is 0 Å². The van der Waals surface area contributed by atoms with E-state index in [0.29, 0.717) is 0 Å². The third-order valence-electron chi connectivity index (χ3n) is 1.63. The molecule has 0 aromatic carbocycles. The summed E-state index contributed by atoms with van der Waals surface area (Å²) in [5, 5.41) is 0.267. The predicted molar refractivity (Wildman–Crippen MR) is 44.7 cm³/mol. The number of rotatable bonds is 3. The average Bonchev–Trinajstić information content (AvgIpc) is 1.80. The second kappa shape index (κ2) is 3.88. The minimum Gasteiger partial charge on any atom is -0.413 e. The first-order valence-electron chi connectivity index (χ1n) is 3.53. The molecule has 1 unspecified atom stereocenters. The van der Waals surface area contributed by atoms with E-state index in [-0.39, 0.29) is 11.6 Å². The van der Waals surface area contributed by atoms with Crippen LogP contribution in [0.25, 0.3) is 0 Å². The summed E-state index contributed by atoms with van der Waals surface area (Å²) in [4.78, 5) is 9.93. The van der Waals surface area contributed by atoms with Gasteiger partial charge in [0.15, 0.2) is 9.04 Å². The second-order valence-corrected chi connectivity index (χ2v) is 6.86. The number of hydrogen-bond donors (Lipinski definition) is 0. The molecule has 0 aliphatic heterocycles. The fourth-order valence-corrected chi connectivity index (χ4v) is 1.30. The third kappa shape index (κ3) is 3.79. The maximum atomic E-state index is 9.93. The molecule has 0 heterocycles. The maximum absolute atomic E-state index is 9.93. The fourth-order valence-electron chi connectivity index (χ4n) is 0.434. The lowest BCUT2D eigenvalue weighted by molar-refractivity contribution is -0.109. The summed E-state index contributed by atoms with van der Waals surface area (Å²) in [6.07, 6.45) is 0.815. The van der Waals surface area contributed by atoms with Crippen LogP contribution in [-0.4, -0.2) is 21.9 Å². The Bertz CT molecular complexity index is 107. The van der Waals surface area contributed by atoms with Crippen molar-refractivity contribution >= 4 is 15.3 Å². The fraction of sp³-hybridized carbons (Fsp3) is 0.857. The highest BCUT2D eigenvalue weighted by Gasteiger charge is 2.22. The minimum atomic E-state index is -1.14. The summed E-state index contributed by atoms with van der Waals surface area (Å²) < 4.78 is 5.33. The van der Waals surface area contributed by atoms with E-state index in [4.69, 9.17) is 4.43 Å². The average molecular weight is 160 g/mol. The van der Waals surface area contributed by atoms with E-state index in [1.165, 1.54) is 0 Å². The van der Waals surface area contributed by atoms with Crippen LogP contribution in [0.4, 0.5) is 0 Å². The Hall–Kier alpha value is -0.153. The molecule has 0 aromatic heterocycles. The lowest BCUT2D eigenvalue weighted by atomic mass is 10.3. The molecule has 0 aliphatic carbocycles. The van der Waals surface area contributed by atoms with Crippen LogP contribution in [0.15, 0.2) is 0 Å². The highest BCUT2D eigenvalue weighted by Crippen LogP contribution is 2.26. The van der Waals surface area contributed by atoms with Gasteiger partial charge in [-0.05, 0) is 11.6 Å². The summed E-state index contributed by atoms with van der Waals surface area (Å²) in [6, 6.07) is 0. The summed E-state index contributed by atoms with van der Waals surface area (Å²) in [5.74, 6) is 0. The van der Waals surface area contributed by atoms with Crippen LogP contribution in [0, 0.1) is 0 Å². The molecule has 1 atom stereocenters. The molecule has 0 aliphatic rings. The topological polar surface area (TPSA) is 26.3 Å². The van der Waals surface area contributed by atoms with E-state index in [1.807, 2.05) is 0 Å². The smallest absolute Gasteiger partial charge is 0.179 e. The van der Waals surface area contributed by atoms with Gasteiger partial charge in [-0.1, -0.05) is 20.8 Å². The van der Waals surface area contributed by atoms with E-state index >= 15 is 0 Å². The first-order valence-corrected chi connectivity index (χ1v) is 5.74. The van der Waals surface area contributed by atoms with E-state index in [2.05, 4.69) is 27.3 Å². The van der Waals surface area contributed by atoms with Crippen molar-refractivity contribution in [2.75, 3.05) is 6.61 Å². The zero-order valence-corrected chi connectivity index (χ0v) is 8.33. The highest BCUT2D eigenvalue weighted by molar-refractivity contribution is 6.53. The summed E-state index contributed by atoms with van der Waals surface area (Å²) in [7, 11) is -1.14. The molecule has 2 nitrogen and oxygen atoms in total. The normalized spacial score (nSPS) is 14.8. The van der Waals surface area contributed by atoms with Crippen molar-refractivity contribution in [2.45, 2.75) is 32.4 Å². The van der Waals surface area contributed by atoms with Crippen molar-refractivity contribution in [3.8, 4) is 0 Å². The molecule has 0 saturated heterocycles. The van der Waals surface area contributed by atoms with Gasteiger partial charge < -0.3 is 9.22 Å². The molecule has 0 rings (SSSR count). The molecule has 0 amide bonds. The van der Waals surface area contributed by atoms with Gasteiger partial charge >= 0.3 is 0 Å². The largest absolute Gasteiger partial charge is 0.413 e. The molecule has 0 spiro atoms. The zero-order chi connectivity index (χ0) is 8.20. The van der Waals surface area contributed by atoms with Gasteiger partial charge in [-0.3, -0.25) is 0 Å². The van der Waals surface area contributed by atoms with Crippen LogP contribution in [0.5, 0.6) is 0 Å². The van der Waals surface area contributed by atoms with Gasteiger partial charge in [-0.2, -0.15) is 0 Å². The van der Waals surface area contributed by atoms with Gasteiger partial charge in [0, 0.05) is 0 Å². The van der Waals surface area contributed by atoms with Gasteiger partial charge in [0.1, 0.15) is 6.29 Å². The van der Waals surface area contributed by atoms with Crippen molar-refractivity contribution in [1.29, 1.82) is 0 Å². The van der Waals surface area contributed by atoms with Crippen molar-refractivity contribution in [2.24, 2.45) is 0 Å². The van der Waals surface area contributed by atoms with Crippen molar-refractivity contribution in [3.63, 3.8) is 0 Å². The van der Waals surface area contributed by atoms with Gasteiger partial charge in [-0.25, -0.2) is 0 Å². The molecule has 10 heavy (non-hydrogen) atoms. The molecule has 60 valence electrons. The summed E-state index contributed by atoms with van der Waals surface area (Å²) in [5.41, 5.74) is 0. The molecule has 0 N–H and O–H groups in total. The summed E-state index contributed by atoms with van der Waals surface area (Å²) >= 11 is 0. The summed E-state index contributed by atoms with van der Waals surface area (Å²) in [6.45, 7) is 8.83. The lowest BCUT2D eigenvalue weighted by Crippen LogP contribution is -2.26. The lowest BCUT2D eigenvalue weighted by Gasteiger charge is -2.24. The van der Waals surface area contributed by atoms with Gasteiger partial charge in [0.2, 0.25) is 0 Å². The molecule has 0 fully saturated rings. The monoisotopic (exact) mass is 160 g/mol. The van der Waals surface area contributed by atoms with Crippen molar-refractivity contribution in [3.05, 3.63) is 0 Å². The van der Waals surface area contributed by atoms with Crippen molar-refractivity contribution in [1.82, 2.24) is 0 Å². The SMILES string of the molecule is C[SiH](OCC=O)C(C)(C)C.